The Morgan fingerprint density at radius 1 is 0.309 bits per heavy atom. The van der Waals surface area contributed by atoms with Gasteiger partial charge in [0.2, 0.25) is 0 Å². The third kappa shape index (κ3) is 5.27. The number of thiophene rings is 2. The fourth-order valence-corrected chi connectivity index (χ4v) is 10.9. The smallest absolute Gasteiger partial charge is 0.0640 e. The largest absolute Gasteiger partial charge is 0.308 e. The third-order valence-corrected chi connectivity index (χ3v) is 13.4. The van der Waals surface area contributed by atoms with Crippen LogP contribution in [0.5, 0.6) is 0 Å². The molecule has 0 aliphatic rings. The molecule has 0 fully saturated rings. The maximum absolute atomic E-state index is 2.52. The second kappa shape index (κ2) is 13.1. The van der Waals surface area contributed by atoms with E-state index in [0.717, 1.165) is 5.69 Å². The highest BCUT2D eigenvalue weighted by atomic mass is 32.1. The van der Waals surface area contributed by atoms with E-state index >= 15 is 0 Å². The molecule has 258 valence electrons. The predicted molar refractivity (Wildman–Crippen MR) is 241 cm³/mol. The lowest BCUT2D eigenvalue weighted by molar-refractivity contribution is 1.32. The topological polar surface area (TPSA) is 3.24 Å². The van der Waals surface area contributed by atoms with Crippen LogP contribution in [0.3, 0.4) is 0 Å². The second-order valence-electron chi connectivity index (χ2n) is 14.0. The van der Waals surface area contributed by atoms with Crippen LogP contribution in [-0.4, -0.2) is 0 Å². The molecule has 0 aliphatic heterocycles. The monoisotopic (exact) mass is 735 g/mol. The van der Waals surface area contributed by atoms with Crippen LogP contribution in [0.25, 0.3) is 84.5 Å². The standard InChI is InChI=1S/C52H33NS2/c1-3-14-35(15-4-1)41-23-12-24-43-44-25-13-26-47(51(44)55-50(41)43)53(38-30-28-37(29-31-38)40-22-11-19-34-18-7-8-20-39(34)40)46-33-32-42(36-16-5-2-6-17-36)52-49(46)45-21-9-10-27-48(45)54-52/h1-33H. The Balaban J connectivity index is 1.19. The molecule has 0 saturated carbocycles. The Hall–Kier alpha value is -6.52. The molecule has 0 atom stereocenters. The first-order chi connectivity index (χ1) is 27.3. The molecule has 9 aromatic carbocycles. The maximum Gasteiger partial charge on any atom is 0.0640 e. The average Bonchev–Trinajstić information content (AvgIpc) is 3.84. The zero-order chi connectivity index (χ0) is 36.3. The second-order valence-corrected chi connectivity index (χ2v) is 16.1. The quantitative estimate of drug-likeness (QED) is 0.164. The van der Waals surface area contributed by atoms with Crippen LogP contribution >= 0.6 is 22.7 Å². The number of anilines is 3. The molecule has 0 N–H and O–H groups in total. The summed E-state index contributed by atoms with van der Waals surface area (Å²) in [4.78, 5) is 2.52. The average molecular weight is 736 g/mol. The first kappa shape index (κ1) is 32.0. The van der Waals surface area contributed by atoms with Gasteiger partial charge in [-0.05, 0) is 74.5 Å². The van der Waals surface area contributed by atoms with Gasteiger partial charge in [-0.2, -0.15) is 0 Å². The molecule has 0 amide bonds. The molecule has 0 spiro atoms. The van der Waals surface area contributed by atoms with Crippen molar-refractivity contribution >= 4 is 90.9 Å². The van der Waals surface area contributed by atoms with Crippen molar-refractivity contribution in [1.82, 2.24) is 0 Å². The summed E-state index contributed by atoms with van der Waals surface area (Å²) in [5.74, 6) is 0. The van der Waals surface area contributed by atoms with E-state index in [1.807, 2.05) is 22.7 Å². The summed E-state index contributed by atoms with van der Waals surface area (Å²) in [6.45, 7) is 0. The first-order valence-corrected chi connectivity index (χ1v) is 20.3. The SMILES string of the molecule is c1ccc(-c2cccc3c2sc2c(N(c4ccc(-c5cccc6ccccc56)cc4)c4ccc(-c5ccccc5)c5sc6ccccc6c45)cccc23)cc1. The van der Waals surface area contributed by atoms with E-state index in [1.165, 1.54) is 95.9 Å². The Labute approximate surface area is 327 Å². The van der Waals surface area contributed by atoms with Crippen molar-refractivity contribution in [3.8, 4) is 33.4 Å². The summed E-state index contributed by atoms with van der Waals surface area (Å²) in [6, 6.07) is 73.2. The van der Waals surface area contributed by atoms with E-state index < -0.39 is 0 Å². The van der Waals surface area contributed by atoms with Gasteiger partial charge in [-0.15, -0.1) is 22.7 Å². The molecule has 0 radical (unpaired) electrons. The highest BCUT2D eigenvalue weighted by molar-refractivity contribution is 7.27. The molecule has 0 saturated heterocycles. The minimum atomic E-state index is 1.13. The zero-order valence-corrected chi connectivity index (χ0v) is 31.4. The first-order valence-electron chi connectivity index (χ1n) is 18.7. The predicted octanol–water partition coefficient (Wildman–Crippen LogP) is 16.0. The molecule has 0 unspecified atom stereocenters. The molecule has 2 aromatic heterocycles. The molecule has 3 heteroatoms. The van der Waals surface area contributed by atoms with Crippen molar-refractivity contribution in [2.24, 2.45) is 0 Å². The number of hydrogen-bond donors (Lipinski definition) is 0. The van der Waals surface area contributed by atoms with Gasteiger partial charge in [0.05, 0.1) is 16.1 Å². The van der Waals surface area contributed by atoms with E-state index in [2.05, 4.69) is 205 Å². The lowest BCUT2D eigenvalue weighted by Gasteiger charge is -2.28. The van der Waals surface area contributed by atoms with Crippen molar-refractivity contribution in [3.63, 3.8) is 0 Å². The minimum Gasteiger partial charge on any atom is -0.308 e. The minimum absolute atomic E-state index is 1.13. The van der Waals surface area contributed by atoms with Gasteiger partial charge in [-0.1, -0.05) is 170 Å². The van der Waals surface area contributed by atoms with Gasteiger partial charge < -0.3 is 4.90 Å². The number of hydrogen-bond acceptors (Lipinski definition) is 3. The molecule has 11 aromatic rings. The molecule has 2 heterocycles. The van der Waals surface area contributed by atoms with E-state index in [0.29, 0.717) is 0 Å². The third-order valence-electron chi connectivity index (χ3n) is 10.9. The van der Waals surface area contributed by atoms with Crippen LogP contribution < -0.4 is 4.90 Å². The number of benzene rings is 9. The van der Waals surface area contributed by atoms with Crippen LogP contribution in [0.2, 0.25) is 0 Å². The van der Waals surface area contributed by atoms with Crippen LogP contribution in [0, 0.1) is 0 Å². The number of fused-ring (bicyclic) bond motifs is 7. The van der Waals surface area contributed by atoms with Gasteiger partial charge in [-0.25, -0.2) is 0 Å². The lowest BCUT2D eigenvalue weighted by atomic mass is 9.97. The van der Waals surface area contributed by atoms with Crippen LogP contribution in [-0.2, 0) is 0 Å². The molecule has 11 rings (SSSR count). The Bertz CT molecular complexity index is 3190. The van der Waals surface area contributed by atoms with Crippen molar-refractivity contribution in [1.29, 1.82) is 0 Å². The van der Waals surface area contributed by atoms with Gasteiger partial charge in [0, 0.05) is 41.3 Å². The fourth-order valence-electron chi connectivity index (χ4n) is 8.34. The lowest BCUT2D eigenvalue weighted by Crippen LogP contribution is -2.10. The van der Waals surface area contributed by atoms with Crippen LogP contribution in [0.4, 0.5) is 17.1 Å². The van der Waals surface area contributed by atoms with E-state index in [-0.39, 0.29) is 0 Å². The van der Waals surface area contributed by atoms with Gasteiger partial charge >= 0.3 is 0 Å². The molecule has 0 aliphatic carbocycles. The normalized spacial score (nSPS) is 11.6. The van der Waals surface area contributed by atoms with E-state index in [1.54, 1.807) is 0 Å². The van der Waals surface area contributed by atoms with E-state index in [4.69, 9.17) is 0 Å². The summed E-state index contributed by atoms with van der Waals surface area (Å²) in [6.07, 6.45) is 0. The Kier molecular flexibility index (Phi) is 7.61. The molecule has 55 heavy (non-hydrogen) atoms. The number of nitrogens with zero attached hydrogens (tertiary/aromatic N) is 1. The molecular formula is C52H33NS2. The van der Waals surface area contributed by atoms with Gasteiger partial charge in [-0.3, -0.25) is 0 Å². The van der Waals surface area contributed by atoms with Crippen molar-refractivity contribution in [2.45, 2.75) is 0 Å². The van der Waals surface area contributed by atoms with Crippen molar-refractivity contribution < 1.29 is 0 Å². The van der Waals surface area contributed by atoms with Gasteiger partial charge in [0.25, 0.3) is 0 Å². The van der Waals surface area contributed by atoms with Crippen molar-refractivity contribution in [3.05, 3.63) is 200 Å². The summed E-state index contributed by atoms with van der Waals surface area (Å²) in [5, 5.41) is 7.65. The zero-order valence-electron chi connectivity index (χ0n) is 29.8. The van der Waals surface area contributed by atoms with Crippen molar-refractivity contribution in [2.75, 3.05) is 4.90 Å². The molecule has 0 bridgehead atoms. The summed E-state index contributed by atoms with van der Waals surface area (Å²) < 4.78 is 5.19. The summed E-state index contributed by atoms with van der Waals surface area (Å²) in [7, 11) is 0. The fraction of sp³-hybridized carbons (Fsp3) is 0. The highest BCUT2D eigenvalue weighted by Gasteiger charge is 2.24. The van der Waals surface area contributed by atoms with Gasteiger partial charge in [0.1, 0.15) is 0 Å². The Morgan fingerprint density at radius 3 is 1.65 bits per heavy atom. The van der Waals surface area contributed by atoms with Crippen LogP contribution in [0.1, 0.15) is 0 Å². The summed E-state index contributed by atoms with van der Waals surface area (Å²) >= 11 is 3.79. The van der Waals surface area contributed by atoms with E-state index in [9.17, 15) is 0 Å². The highest BCUT2D eigenvalue weighted by Crippen LogP contribution is 2.51. The molecule has 1 nitrogen and oxygen atoms in total. The Morgan fingerprint density at radius 2 is 0.873 bits per heavy atom. The summed E-state index contributed by atoms with van der Waals surface area (Å²) in [5.41, 5.74) is 10.9. The van der Waals surface area contributed by atoms with Crippen LogP contribution in [0.15, 0.2) is 200 Å². The molecular weight excluding hydrogens is 703 g/mol. The maximum atomic E-state index is 2.52. The van der Waals surface area contributed by atoms with Gasteiger partial charge in [0.15, 0.2) is 0 Å². The number of rotatable bonds is 6.